The number of carbonyl (C=O) groups excluding carboxylic acids is 1. The Kier molecular flexibility index (Phi) is 4.09. The Morgan fingerprint density at radius 1 is 1.50 bits per heavy atom. The van der Waals surface area contributed by atoms with Crippen LogP contribution >= 0.6 is 11.6 Å². The van der Waals surface area contributed by atoms with Crippen LogP contribution in [-0.2, 0) is 4.74 Å². The number of nitrogens with zero attached hydrogens (tertiary/aromatic N) is 1. The van der Waals surface area contributed by atoms with E-state index >= 15 is 0 Å². The molecule has 0 aromatic heterocycles. The Morgan fingerprint density at radius 2 is 2.22 bits per heavy atom. The molecule has 1 aromatic rings. The summed E-state index contributed by atoms with van der Waals surface area (Å²) >= 11 is 6.05. The predicted molar refractivity (Wildman–Crippen MR) is 68.5 cm³/mol. The Labute approximate surface area is 111 Å². The van der Waals surface area contributed by atoms with Gasteiger partial charge in [-0.05, 0) is 12.5 Å². The number of cyclic esters (lactones) is 1. The number of amides is 1. The quantitative estimate of drug-likeness (QED) is 0.918. The number of benzene rings is 1. The van der Waals surface area contributed by atoms with E-state index in [0.717, 1.165) is 6.42 Å². The summed E-state index contributed by atoms with van der Waals surface area (Å²) in [7, 11) is 0. The molecule has 0 aliphatic carbocycles. The highest BCUT2D eigenvalue weighted by atomic mass is 35.5. The van der Waals surface area contributed by atoms with Gasteiger partial charge in [0.1, 0.15) is 6.10 Å². The van der Waals surface area contributed by atoms with E-state index in [9.17, 15) is 9.90 Å². The highest BCUT2D eigenvalue weighted by Crippen LogP contribution is 2.31. The van der Waals surface area contributed by atoms with Crippen LogP contribution in [0, 0.1) is 0 Å². The van der Waals surface area contributed by atoms with Gasteiger partial charge in [-0.15, -0.1) is 0 Å². The average Bonchev–Trinajstić information content (AvgIpc) is 2.35. The summed E-state index contributed by atoms with van der Waals surface area (Å²) in [6.07, 6.45) is -1.00. The molecule has 98 valence electrons. The monoisotopic (exact) mass is 269 g/mol. The number of halogens is 1. The molecule has 5 heteroatoms. The van der Waals surface area contributed by atoms with Gasteiger partial charge in [0.25, 0.3) is 0 Å². The number of aliphatic hydroxyl groups excluding tert-OH is 1. The molecule has 1 heterocycles. The van der Waals surface area contributed by atoms with E-state index in [2.05, 4.69) is 0 Å². The summed E-state index contributed by atoms with van der Waals surface area (Å²) in [5.74, 6) is 0. The third kappa shape index (κ3) is 2.60. The van der Waals surface area contributed by atoms with Crippen molar-refractivity contribution in [1.82, 2.24) is 4.90 Å². The second-order valence-corrected chi connectivity index (χ2v) is 4.75. The first-order chi connectivity index (χ1) is 8.63. The maximum Gasteiger partial charge on any atom is 0.410 e. The zero-order chi connectivity index (χ0) is 13.1. The van der Waals surface area contributed by atoms with Crippen molar-refractivity contribution in [1.29, 1.82) is 0 Å². The van der Waals surface area contributed by atoms with Gasteiger partial charge < -0.3 is 14.7 Å². The highest BCUT2D eigenvalue weighted by molar-refractivity contribution is 6.31. The van der Waals surface area contributed by atoms with Crippen LogP contribution in [0.15, 0.2) is 24.3 Å². The molecule has 2 rings (SSSR count). The average molecular weight is 270 g/mol. The number of rotatable bonds is 3. The van der Waals surface area contributed by atoms with Crippen LogP contribution in [0.25, 0.3) is 0 Å². The molecule has 1 saturated heterocycles. The van der Waals surface area contributed by atoms with E-state index in [0.29, 0.717) is 17.1 Å². The molecule has 1 aliphatic rings. The van der Waals surface area contributed by atoms with E-state index in [1.54, 1.807) is 24.3 Å². The van der Waals surface area contributed by atoms with Crippen LogP contribution in [0.4, 0.5) is 4.79 Å². The van der Waals surface area contributed by atoms with Crippen molar-refractivity contribution >= 4 is 17.7 Å². The minimum atomic E-state index is -0.755. The Hall–Kier alpha value is -1.26. The second-order valence-electron chi connectivity index (χ2n) is 4.34. The topological polar surface area (TPSA) is 49.8 Å². The number of ether oxygens (including phenoxy) is 1. The Bertz CT molecular complexity index is 438. The fourth-order valence-electron chi connectivity index (χ4n) is 2.09. The van der Waals surface area contributed by atoms with E-state index in [1.807, 2.05) is 6.92 Å². The van der Waals surface area contributed by atoms with Crippen LogP contribution in [0.5, 0.6) is 0 Å². The van der Waals surface area contributed by atoms with Crippen molar-refractivity contribution < 1.29 is 14.6 Å². The molecule has 2 atom stereocenters. The summed E-state index contributed by atoms with van der Waals surface area (Å²) in [6, 6.07) is 7.08. The van der Waals surface area contributed by atoms with Gasteiger partial charge in [0.2, 0.25) is 0 Å². The minimum absolute atomic E-state index is 0.280. The Morgan fingerprint density at radius 3 is 2.89 bits per heavy atom. The standard InChI is InChI=1S/C13H16ClNO3/c1-2-7-15-8-11(16)12(18-13(15)17)9-5-3-4-6-10(9)14/h3-6,11-12,16H,2,7-8H2,1H3/t11-,12-/m0/s1. The first kappa shape index (κ1) is 13.2. The smallest absolute Gasteiger partial charge is 0.410 e. The van der Waals surface area contributed by atoms with Crippen molar-refractivity contribution in [2.75, 3.05) is 13.1 Å². The number of carbonyl (C=O) groups is 1. The van der Waals surface area contributed by atoms with Gasteiger partial charge in [-0.25, -0.2) is 4.79 Å². The molecular formula is C13H16ClNO3. The minimum Gasteiger partial charge on any atom is -0.438 e. The molecule has 1 amide bonds. The van der Waals surface area contributed by atoms with Crippen LogP contribution in [-0.4, -0.2) is 35.3 Å². The van der Waals surface area contributed by atoms with E-state index < -0.39 is 18.3 Å². The van der Waals surface area contributed by atoms with Gasteiger partial charge >= 0.3 is 6.09 Å². The van der Waals surface area contributed by atoms with Gasteiger partial charge in [0, 0.05) is 17.1 Å². The molecule has 0 spiro atoms. The molecule has 18 heavy (non-hydrogen) atoms. The molecule has 0 radical (unpaired) electrons. The summed E-state index contributed by atoms with van der Waals surface area (Å²) in [4.78, 5) is 13.3. The fourth-order valence-corrected chi connectivity index (χ4v) is 2.33. The second kappa shape index (κ2) is 5.59. The normalized spacial score (nSPS) is 23.9. The summed E-state index contributed by atoms with van der Waals surface area (Å²) in [6.45, 7) is 2.84. The third-order valence-corrected chi connectivity index (χ3v) is 3.29. The molecule has 0 unspecified atom stereocenters. The lowest BCUT2D eigenvalue weighted by Crippen LogP contribution is -2.47. The summed E-state index contributed by atoms with van der Waals surface area (Å²) < 4.78 is 5.28. The van der Waals surface area contributed by atoms with Crippen molar-refractivity contribution in [3.63, 3.8) is 0 Å². The Balaban J connectivity index is 2.17. The van der Waals surface area contributed by atoms with Gasteiger partial charge in [-0.3, -0.25) is 0 Å². The first-order valence-corrected chi connectivity index (χ1v) is 6.39. The van der Waals surface area contributed by atoms with Crippen molar-refractivity contribution in [3.05, 3.63) is 34.9 Å². The number of hydrogen-bond donors (Lipinski definition) is 1. The van der Waals surface area contributed by atoms with Crippen LogP contribution in [0.1, 0.15) is 25.0 Å². The number of aliphatic hydroxyl groups is 1. The molecule has 4 nitrogen and oxygen atoms in total. The molecule has 1 fully saturated rings. The van der Waals surface area contributed by atoms with Gasteiger partial charge in [0.05, 0.1) is 6.54 Å². The fraction of sp³-hybridized carbons (Fsp3) is 0.462. The van der Waals surface area contributed by atoms with E-state index in [4.69, 9.17) is 16.3 Å². The van der Waals surface area contributed by atoms with Gasteiger partial charge in [-0.1, -0.05) is 36.7 Å². The summed E-state index contributed by atoms with van der Waals surface area (Å²) in [5.41, 5.74) is 0.649. The van der Waals surface area contributed by atoms with Crippen LogP contribution in [0.3, 0.4) is 0 Å². The van der Waals surface area contributed by atoms with Crippen molar-refractivity contribution in [3.8, 4) is 0 Å². The molecule has 0 saturated carbocycles. The SMILES string of the molecule is CCCN1C[C@H](O)[C@H](c2ccccc2Cl)OC1=O. The summed E-state index contributed by atoms with van der Waals surface area (Å²) in [5, 5.41) is 10.6. The lowest BCUT2D eigenvalue weighted by molar-refractivity contribution is -0.0600. The van der Waals surface area contributed by atoms with Crippen molar-refractivity contribution in [2.45, 2.75) is 25.6 Å². The molecule has 1 aliphatic heterocycles. The zero-order valence-electron chi connectivity index (χ0n) is 10.2. The maximum absolute atomic E-state index is 11.8. The van der Waals surface area contributed by atoms with Crippen LogP contribution in [0.2, 0.25) is 5.02 Å². The number of hydrogen-bond acceptors (Lipinski definition) is 3. The van der Waals surface area contributed by atoms with Crippen molar-refractivity contribution in [2.24, 2.45) is 0 Å². The zero-order valence-corrected chi connectivity index (χ0v) is 10.9. The largest absolute Gasteiger partial charge is 0.438 e. The highest BCUT2D eigenvalue weighted by Gasteiger charge is 2.35. The third-order valence-electron chi connectivity index (χ3n) is 2.95. The molecular weight excluding hydrogens is 254 g/mol. The lowest BCUT2D eigenvalue weighted by Gasteiger charge is -2.35. The van der Waals surface area contributed by atoms with Gasteiger partial charge in [0.15, 0.2) is 6.10 Å². The van der Waals surface area contributed by atoms with E-state index in [-0.39, 0.29) is 6.54 Å². The molecule has 1 aromatic carbocycles. The molecule has 1 N–H and O–H groups in total. The molecule has 0 bridgehead atoms. The van der Waals surface area contributed by atoms with Gasteiger partial charge in [-0.2, -0.15) is 0 Å². The lowest BCUT2D eigenvalue weighted by atomic mass is 10.0. The first-order valence-electron chi connectivity index (χ1n) is 6.01. The van der Waals surface area contributed by atoms with Crippen LogP contribution < -0.4 is 0 Å². The van der Waals surface area contributed by atoms with E-state index in [1.165, 1.54) is 4.90 Å². The number of β-amino-alcohol motifs (C(OH)–C–C–N with tert-alkyl or cyclic N) is 1. The predicted octanol–water partition coefficient (Wildman–Crippen LogP) is 2.60. The maximum atomic E-state index is 11.8.